The molecule has 8 nitrogen and oxygen atoms in total. The van der Waals surface area contributed by atoms with Crippen LogP contribution in [0.4, 0.5) is 0 Å². The van der Waals surface area contributed by atoms with Crippen LogP contribution in [0.15, 0.2) is 34.1 Å². The Hall–Kier alpha value is -1.49. The van der Waals surface area contributed by atoms with Crippen molar-refractivity contribution < 1.29 is 26.7 Å². The average Bonchev–Trinajstić information content (AvgIpc) is 3.08. The van der Waals surface area contributed by atoms with Gasteiger partial charge < -0.3 is 5.11 Å². The largest absolute Gasteiger partial charge is 0.480 e. The topological polar surface area (TPSA) is 112 Å². The van der Waals surface area contributed by atoms with Crippen LogP contribution >= 0.6 is 0 Å². The minimum Gasteiger partial charge on any atom is -0.480 e. The van der Waals surface area contributed by atoms with E-state index >= 15 is 0 Å². The van der Waals surface area contributed by atoms with Crippen LogP contribution in [0.5, 0.6) is 0 Å². The summed E-state index contributed by atoms with van der Waals surface area (Å²) in [6.07, 6.45) is 4.42. The number of aliphatic carboxylic acids is 1. The minimum absolute atomic E-state index is 0.0996. The number of sulfone groups is 1. The lowest BCUT2D eigenvalue weighted by Gasteiger charge is -2.32. The minimum atomic E-state index is -4.13. The van der Waals surface area contributed by atoms with Crippen LogP contribution in [0.25, 0.3) is 0 Å². The van der Waals surface area contributed by atoms with Gasteiger partial charge in [0.15, 0.2) is 9.84 Å². The highest BCUT2D eigenvalue weighted by molar-refractivity contribution is 7.91. The van der Waals surface area contributed by atoms with Gasteiger partial charge in [-0.3, -0.25) is 9.69 Å². The molecule has 0 aliphatic carbocycles. The Morgan fingerprint density at radius 1 is 1.07 bits per heavy atom. The maximum absolute atomic E-state index is 13.1. The van der Waals surface area contributed by atoms with Crippen LogP contribution in [0, 0.1) is 0 Å². The molecule has 0 aromatic heterocycles. The summed E-state index contributed by atoms with van der Waals surface area (Å²) in [5, 5.41) is 9.57. The first-order chi connectivity index (χ1) is 12.6. The molecule has 2 heterocycles. The van der Waals surface area contributed by atoms with E-state index in [0.29, 0.717) is 0 Å². The third-order valence-electron chi connectivity index (χ3n) is 5.27. The van der Waals surface area contributed by atoms with E-state index in [4.69, 9.17) is 0 Å². The third-order valence-corrected chi connectivity index (χ3v) is 8.25. The van der Waals surface area contributed by atoms with Crippen LogP contribution in [0.2, 0.25) is 0 Å². The number of likely N-dealkylation sites (tertiary alicyclic amines) is 1. The Balaban J connectivity index is 1.93. The predicted molar refractivity (Wildman–Crippen MR) is 98.7 cm³/mol. The summed E-state index contributed by atoms with van der Waals surface area (Å²) in [6, 6.07) is 3.79. The highest BCUT2D eigenvalue weighted by Gasteiger charge is 2.45. The lowest BCUT2D eigenvalue weighted by molar-refractivity contribution is -0.140. The van der Waals surface area contributed by atoms with E-state index < -0.39 is 31.9 Å². The molecule has 0 saturated carbocycles. The average molecular weight is 417 g/mol. The van der Waals surface area contributed by atoms with Gasteiger partial charge in [-0.05, 0) is 50.6 Å². The highest BCUT2D eigenvalue weighted by atomic mass is 32.2. The molecule has 0 unspecified atom stereocenters. The number of benzene rings is 1. The SMILES string of the molecule is CS(=O)(=O)c1cccc(S(=O)(=O)N2C[C@H](N3CCCCC3)C[C@H]2C(=O)O)c1. The van der Waals surface area contributed by atoms with Crippen molar-refractivity contribution in [1.29, 1.82) is 0 Å². The fourth-order valence-electron chi connectivity index (χ4n) is 3.82. The fraction of sp³-hybridized carbons (Fsp3) is 0.588. The van der Waals surface area contributed by atoms with Crippen molar-refractivity contribution in [2.75, 3.05) is 25.9 Å². The number of hydrogen-bond acceptors (Lipinski definition) is 6. The molecule has 1 N–H and O–H groups in total. The second-order valence-electron chi connectivity index (χ2n) is 7.16. The molecule has 0 amide bonds. The van der Waals surface area contributed by atoms with Crippen LogP contribution in [-0.2, 0) is 24.7 Å². The lowest BCUT2D eigenvalue weighted by Crippen LogP contribution is -2.42. The van der Waals surface area contributed by atoms with E-state index in [9.17, 15) is 26.7 Å². The van der Waals surface area contributed by atoms with E-state index in [-0.39, 0.29) is 28.8 Å². The Kier molecular flexibility index (Phi) is 5.62. The number of nitrogens with zero attached hydrogens (tertiary/aromatic N) is 2. The van der Waals surface area contributed by atoms with Crippen molar-refractivity contribution in [2.45, 2.75) is 47.6 Å². The number of piperidine rings is 1. The quantitative estimate of drug-likeness (QED) is 0.755. The molecule has 3 rings (SSSR count). The first-order valence-corrected chi connectivity index (χ1v) is 12.2. The Labute approximate surface area is 159 Å². The van der Waals surface area contributed by atoms with Crippen molar-refractivity contribution in [3.63, 3.8) is 0 Å². The van der Waals surface area contributed by atoms with Crippen molar-refractivity contribution in [3.05, 3.63) is 24.3 Å². The molecule has 0 radical (unpaired) electrons. The van der Waals surface area contributed by atoms with Crippen molar-refractivity contribution in [1.82, 2.24) is 9.21 Å². The zero-order valence-electron chi connectivity index (χ0n) is 15.1. The zero-order chi connectivity index (χ0) is 19.8. The number of hydrogen-bond donors (Lipinski definition) is 1. The molecule has 2 saturated heterocycles. The van der Waals surface area contributed by atoms with Crippen LogP contribution in [-0.4, -0.2) is 75.1 Å². The molecule has 1 aromatic rings. The van der Waals surface area contributed by atoms with Gasteiger partial charge in [0, 0.05) is 18.8 Å². The number of rotatable bonds is 5. The molecular formula is C17H24N2O6S2. The summed E-state index contributed by atoms with van der Waals surface area (Å²) >= 11 is 0. The fourth-order valence-corrected chi connectivity index (χ4v) is 6.24. The lowest BCUT2D eigenvalue weighted by atomic mass is 10.1. The molecule has 2 aliphatic rings. The maximum atomic E-state index is 13.1. The van der Waals surface area contributed by atoms with Gasteiger partial charge in [0.2, 0.25) is 10.0 Å². The van der Waals surface area contributed by atoms with Gasteiger partial charge in [0.05, 0.1) is 9.79 Å². The third kappa shape index (κ3) is 4.18. The van der Waals surface area contributed by atoms with E-state index in [1.54, 1.807) is 0 Å². The van der Waals surface area contributed by atoms with E-state index in [1.807, 2.05) is 0 Å². The molecule has 0 spiro atoms. The van der Waals surface area contributed by atoms with Gasteiger partial charge in [-0.1, -0.05) is 12.5 Å². The molecule has 10 heteroatoms. The van der Waals surface area contributed by atoms with Crippen LogP contribution < -0.4 is 0 Å². The van der Waals surface area contributed by atoms with Gasteiger partial charge in [0.25, 0.3) is 0 Å². The van der Waals surface area contributed by atoms with Gasteiger partial charge in [-0.25, -0.2) is 16.8 Å². The molecule has 27 heavy (non-hydrogen) atoms. The summed E-state index contributed by atoms with van der Waals surface area (Å²) in [6.45, 7) is 1.78. The summed E-state index contributed by atoms with van der Waals surface area (Å²) in [7, 11) is -7.70. The normalized spacial score (nSPS) is 25.5. The molecule has 2 fully saturated rings. The first-order valence-electron chi connectivity index (χ1n) is 8.89. The number of carbonyl (C=O) groups is 1. The van der Waals surface area contributed by atoms with Gasteiger partial charge >= 0.3 is 5.97 Å². The standard InChI is InChI=1S/C17H24N2O6S2/c1-26(22,23)14-6-5-7-15(11-14)27(24,25)19-12-13(10-16(19)17(20)21)18-8-3-2-4-9-18/h5-7,11,13,16H,2-4,8-10,12H2,1H3,(H,20,21)/t13-,16+/m1/s1. The Bertz CT molecular complexity index is 922. The van der Waals surface area contributed by atoms with Crippen molar-refractivity contribution in [2.24, 2.45) is 0 Å². The Morgan fingerprint density at radius 3 is 2.30 bits per heavy atom. The van der Waals surface area contributed by atoms with E-state index in [2.05, 4.69) is 4.90 Å². The monoisotopic (exact) mass is 416 g/mol. The molecule has 2 aliphatic heterocycles. The number of carboxylic acids is 1. The maximum Gasteiger partial charge on any atom is 0.322 e. The summed E-state index contributed by atoms with van der Waals surface area (Å²) in [4.78, 5) is 13.6. The highest BCUT2D eigenvalue weighted by Crippen LogP contribution is 2.31. The molecule has 150 valence electrons. The number of carboxylic acid groups (broad SMARTS) is 1. The van der Waals surface area contributed by atoms with Crippen molar-refractivity contribution >= 4 is 25.8 Å². The molecule has 1 aromatic carbocycles. The predicted octanol–water partition coefficient (Wildman–Crippen LogP) is 0.792. The second-order valence-corrected chi connectivity index (χ2v) is 11.1. The van der Waals surface area contributed by atoms with Crippen LogP contribution in [0.3, 0.4) is 0 Å². The summed E-state index contributed by atoms with van der Waals surface area (Å²) < 4.78 is 50.7. The number of sulfonamides is 1. The molecule has 2 atom stereocenters. The smallest absolute Gasteiger partial charge is 0.322 e. The Morgan fingerprint density at radius 2 is 1.70 bits per heavy atom. The first kappa shape index (κ1) is 20.2. The summed E-state index contributed by atoms with van der Waals surface area (Å²) in [5.41, 5.74) is 0. The zero-order valence-corrected chi connectivity index (χ0v) is 16.7. The van der Waals surface area contributed by atoms with Crippen molar-refractivity contribution in [3.8, 4) is 0 Å². The van der Waals surface area contributed by atoms with Crippen LogP contribution in [0.1, 0.15) is 25.7 Å². The van der Waals surface area contributed by atoms with E-state index in [1.165, 1.54) is 18.2 Å². The molecule has 0 bridgehead atoms. The second kappa shape index (κ2) is 7.50. The van der Waals surface area contributed by atoms with E-state index in [0.717, 1.165) is 49.0 Å². The molecular weight excluding hydrogens is 392 g/mol. The summed E-state index contributed by atoms with van der Waals surface area (Å²) in [5.74, 6) is -1.18. The van der Waals surface area contributed by atoms with Gasteiger partial charge in [-0.2, -0.15) is 4.31 Å². The van der Waals surface area contributed by atoms with Gasteiger partial charge in [-0.15, -0.1) is 0 Å². The van der Waals surface area contributed by atoms with Gasteiger partial charge in [0.1, 0.15) is 6.04 Å².